The molecule has 0 bridgehead atoms. The lowest BCUT2D eigenvalue weighted by Crippen LogP contribution is -2.16. The van der Waals surface area contributed by atoms with Gasteiger partial charge in [0.25, 0.3) is 5.56 Å². The lowest BCUT2D eigenvalue weighted by atomic mass is 10.2. The zero-order chi connectivity index (χ0) is 15.4. The molecule has 0 saturated carbocycles. The maximum atomic E-state index is 11.8. The zero-order valence-electron chi connectivity index (χ0n) is 12.6. The van der Waals surface area contributed by atoms with E-state index in [0.29, 0.717) is 29.0 Å². The van der Waals surface area contributed by atoms with Crippen LogP contribution in [0.1, 0.15) is 25.0 Å². The van der Waals surface area contributed by atoms with Gasteiger partial charge in [0.05, 0.1) is 12.7 Å². The summed E-state index contributed by atoms with van der Waals surface area (Å²) in [7, 11) is 0. The van der Waals surface area contributed by atoms with Gasteiger partial charge in [0.1, 0.15) is 0 Å². The minimum Gasteiger partial charge on any atom is -0.379 e. The summed E-state index contributed by atoms with van der Waals surface area (Å²) in [4.78, 5) is 16.7. The minimum atomic E-state index is -0.147. The first kappa shape index (κ1) is 15.4. The number of hydrogen-bond acceptors (Lipinski definition) is 7. The second kappa shape index (κ2) is 7.17. The van der Waals surface area contributed by atoms with Crippen molar-refractivity contribution >= 4 is 21.4 Å². The third kappa shape index (κ3) is 3.82. The van der Waals surface area contributed by atoms with Crippen LogP contribution < -0.4 is 10.9 Å². The summed E-state index contributed by atoms with van der Waals surface area (Å²) in [6.07, 6.45) is 3.40. The number of nitrogens with one attached hydrogen (secondary N) is 1. The molecule has 1 aliphatic heterocycles. The molecule has 0 aromatic carbocycles. The molecule has 22 heavy (non-hydrogen) atoms. The van der Waals surface area contributed by atoms with Crippen molar-refractivity contribution in [2.24, 2.45) is 0 Å². The van der Waals surface area contributed by atoms with E-state index in [-0.39, 0.29) is 11.7 Å². The molecular formula is C14H20N4O3S. The lowest BCUT2D eigenvalue weighted by Gasteiger charge is -2.09. The Bertz CT molecular complexity index is 678. The monoisotopic (exact) mass is 324 g/mol. The summed E-state index contributed by atoms with van der Waals surface area (Å²) in [6.45, 7) is 4.79. The van der Waals surface area contributed by atoms with Crippen molar-refractivity contribution in [1.82, 2.24) is 14.6 Å². The first-order valence-electron chi connectivity index (χ1n) is 7.53. The van der Waals surface area contributed by atoms with Crippen LogP contribution in [0.2, 0.25) is 0 Å². The van der Waals surface area contributed by atoms with E-state index in [2.05, 4.69) is 15.4 Å². The Morgan fingerprint density at radius 3 is 3.32 bits per heavy atom. The van der Waals surface area contributed by atoms with Crippen LogP contribution in [0.15, 0.2) is 10.9 Å². The van der Waals surface area contributed by atoms with Gasteiger partial charge in [0.2, 0.25) is 10.1 Å². The van der Waals surface area contributed by atoms with E-state index in [1.54, 1.807) is 6.92 Å². The fourth-order valence-electron chi connectivity index (χ4n) is 2.35. The van der Waals surface area contributed by atoms with E-state index in [1.807, 2.05) is 0 Å². The molecule has 3 heterocycles. The van der Waals surface area contributed by atoms with Gasteiger partial charge in [-0.1, -0.05) is 11.3 Å². The van der Waals surface area contributed by atoms with Crippen LogP contribution in [0.25, 0.3) is 4.96 Å². The molecule has 0 radical (unpaired) electrons. The molecule has 2 aromatic heterocycles. The Labute approximate surface area is 132 Å². The van der Waals surface area contributed by atoms with Crippen LogP contribution in [0, 0.1) is 6.92 Å². The van der Waals surface area contributed by atoms with Gasteiger partial charge >= 0.3 is 0 Å². The fourth-order valence-corrected chi connectivity index (χ4v) is 3.23. The average Bonchev–Trinajstić information content (AvgIpc) is 3.11. The van der Waals surface area contributed by atoms with Crippen molar-refractivity contribution in [3.8, 4) is 0 Å². The number of hydrogen-bond donors (Lipinski definition) is 1. The van der Waals surface area contributed by atoms with E-state index in [4.69, 9.17) is 9.47 Å². The molecule has 8 heteroatoms. The van der Waals surface area contributed by atoms with Crippen molar-refractivity contribution in [3.63, 3.8) is 0 Å². The van der Waals surface area contributed by atoms with Crippen LogP contribution in [-0.2, 0) is 9.47 Å². The van der Waals surface area contributed by atoms with Gasteiger partial charge in [0, 0.05) is 31.5 Å². The summed E-state index contributed by atoms with van der Waals surface area (Å²) in [5.41, 5.74) is 0.564. The zero-order valence-corrected chi connectivity index (χ0v) is 13.4. The van der Waals surface area contributed by atoms with Crippen molar-refractivity contribution in [3.05, 3.63) is 22.1 Å². The molecule has 0 aliphatic carbocycles. The minimum absolute atomic E-state index is 0.147. The Kier molecular flexibility index (Phi) is 5.01. The van der Waals surface area contributed by atoms with Gasteiger partial charge in [-0.15, -0.1) is 5.10 Å². The molecule has 1 N–H and O–H groups in total. The molecule has 0 amide bonds. The maximum Gasteiger partial charge on any atom is 0.275 e. The molecule has 1 atom stereocenters. The molecule has 120 valence electrons. The molecule has 7 nitrogen and oxygen atoms in total. The number of rotatable bonds is 7. The SMILES string of the molecule is Cc1cc(=O)n2nc(NCCCOC[C@@H]3CCCO3)sc2n1. The van der Waals surface area contributed by atoms with Gasteiger partial charge in [0.15, 0.2) is 0 Å². The van der Waals surface area contributed by atoms with Crippen molar-refractivity contribution in [1.29, 1.82) is 0 Å². The summed E-state index contributed by atoms with van der Waals surface area (Å²) in [5, 5.41) is 8.13. The predicted molar refractivity (Wildman–Crippen MR) is 84.8 cm³/mol. The van der Waals surface area contributed by atoms with Crippen LogP contribution in [0.4, 0.5) is 5.13 Å². The second-order valence-corrected chi connectivity index (χ2v) is 6.28. The van der Waals surface area contributed by atoms with Gasteiger partial charge in [-0.05, 0) is 26.2 Å². The molecule has 0 spiro atoms. The standard InChI is InChI=1S/C14H20N4O3S/c1-10-8-12(19)18-14(16-10)22-13(17-18)15-5-3-6-20-9-11-4-2-7-21-11/h8,11H,2-7,9H2,1H3,(H,15,17)/t11-/m0/s1. The Morgan fingerprint density at radius 1 is 1.59 bits per heavy atom. The highest BCUT2D eigenvalue weighted by Gasteiger charge is 2.14. The summed E-state index contributed by atoms with van der Waals surface area (Å²) in [5.74, 6) is 0. The molecule has 2 aromatic rings. The summed E-state index contributed by atoms with van der Waals surface area (Å²) in [6, 6.07) is 1.48. The Balaban J connectivity index is 1.42. The second-order valence-electron chi connectivity index (χ2n) is 5.33. The predicted octanol–water partition coefficient (Wildman–Crippen LogP) is 1.46. The highest BCUT2D eigenvalue weighted by atomic mass is 32.1. The van der Waals surface area contributed by atoms with Crippen LogP contribution >= 0.6 is 11.3 Å². The van der Waals surface area contributed by atoms with E-state index >= 15 is 0 Å². The topological polar surface area (TPSA) is 77.8 Å². The van der Waals surface area contributed by atoms with Gasteiger partial charge < -0.3 is 14.8 Å². The van der Waals surface area contributed by atoms with Crippen LogP contribution in [0.5, 0.6) is 0 Å². The van der Waals surface area contributed by atoms with Crippen LogP contribution in [0.3, 0.4) is 0 Å². The third-order valence-corrected chi connectivity index (χ3v) is 4.31. The summed E-state index contributed by atoms with van der Waals surface area (Å²) < 4.78 is 12.4. The number of aromatic nitrogens is 3. The Hall–Kier alpha value is -1.51. The Morgan fingerprint density at radius 2 is 2.50 bits per heavy atom. The largest absolute Gasteiger partial charge is 0.379 e. The molecule has 3 rings (SSSR count). The molecule has 1 aliphatic rings. The van der Waals surface area contributed by atoms with Gasteiger partial charge in [-0.3, -0.25) is 4.79 Å². The first-order chi connectivity index (χ1) is 10.7. The smallest absolute Gasteiger partial charge is 0.275 e. The van der Waals surface area contributed by atoms with E-state index in [1.165, 1.54) is 21.9 Å². The third-order valence-electron chi connectivity index (χ3n) is 3.44. The van der Waals surface area contributed by atoms with E-state index in [9.17, 15) is 4.79 Å². The number of ether oxygens (including phenoxy) is 2. The normalized spacial score (nSPS) is 18.1. The van der Waals surface area contributed by atoms with Crippen molar-refractivity contribution in [2.45, 2.75) is 32.3 Å². The summed E-state index contributed by atoms with van der Waals surface area (Å²) >= 11 is 1.38. The average molecular weight is 324 g/mol. The quantitative estimate of drug-likeness (QED) is 0.777. The molecule has 0 unspecified atom stereocenters. The van der Waals surface area contributed by atoms with Crippen molar-refractivity contribution < 1.29 is 9.47 Å². The first-order valence-corrected chi connectivity index (χ1v) is 8.35. The number of fused-ring (bicyclic) bond motifs is 1. The molecule has 1 fully saturated rings. The number of anilines is 1. The van der Waals surface area contributed by atoms with E-state index in [0.717, 1.165) is 32.4 Å². The fraction of sp³-hybridized carbons (Fsp3) is 0.643. The van der Waals surface area contributed by atoms with Crippen LogP contribution in [-0.4, -0.2) is 47.1 Å². The van der Waals surface area contributed by atoms with Gasteiger partial charge in [-0.2, -0.15) is 4.52 Å². The highest BCUT2D eigenvalue weighted by molar-refractivity contribution is 7.20. The lowest BCUT2D eigenvalue weighted by molar-refractivity contribution is 0.0172. The van der Waals surface area contributed by atoms with Gasteiger partial charge in [-0.25, -0.2) is 4.98 Å². The van der Waals surface area contributed by atoms with E-state index < -0.39 is 0 Å². The number of nitrogens with zero attached hydrogens (tertiary/aromatic N) is 3. The molecule has 1 saturated heterocycles. The number of aryl methyl sites for hydroxylation is 1. The van der Waals surface area contributed by atoms with Crippen molar-refractivity contribution in [2.75, 3.05) is 31.7 Å². The molecular weight excluding hydrogens is 304 g/mol. The highest BCUT2D eigenvalue weighted by Crippen LogP contribution is 2.16. The maximum absolute atomic E-state index is 11.8.